The van der Waals surface area contributed by atoms with E-state index in [1.165, 1.54) is 4.68 Å². The molecule has 17 heavy (non-hydrogen) atoms. The molecule has 0 saturated heterocycles. The van der Waals surface area contributed by atoms with Crippen LogP contribution in [0.4, 0.5) is 5.69 Å². The van der Waals surface area contributed by atoms with E-state index in [-0.39, 0.29) is 12.3 Å². The highest BCUT2D eigenvalue weighted by molar-refractivity contribution is 5.74. The number of rotatable bonds is 4. The molecular formula is C10H15N3O4. The van der Waals surface area contributed by atoms with E-state index in [4.69, 9.17) is 4.74 Å². The lowest BCUT2D eigenvalue weighted by Gasteiger charge is -2.11. The number of carbonyl (C=O) groups excluding carboxylic acids is 1. The van der Waals surface area contributed by atoms with Gasteiger partial charge in [0.1, 0.15) is 17.4 Å². The van der Waals surface area contributed by atoms with Crippen molar-refractivity contribution < 1.29 is 14.5 Å². The second-order valence-corrected chi connectivity index (χ2v) is 3.65. The van der Waals surface area contributed by atoms with Crippen LogP contribution in [0.1, 0.15) is 31.3 Å². The first-order chi connectivity index (χ1) is 7.90. The molecule has 0 N–H and O–H groups in total. The van der Waals surface area contributed by atoms with Crippen molar-refractivity contribution in [1.82, 2.24) is 9.78 Å². The van der Waals surface area contributed by atoms with Gasteiger partial charge in [-0.25, -0.2) is 9.48 Å². The third-order valence-electron chi connectivity index (χ3n) is 2.46. The Morgan fingerprint density at radius 2 is 2.18 bits per heavy atom. The summed E-state index contributed by atoms with van der Waals surface area (Å²) in [7, 11) is 0. The molecule has 1 aromatic rings. The Bertz CT molecular complexity index is 453. The van der Waals surface area contributed by atoms with Crippen LogP contribution in [-0.2, 0) is 9.53 Å². The molecule has 0 aliphatic rings. The predicted octanol–water partition coefficient (Wildman–Crippen LogP) is 1.53. The SMILES string of the molecule is CCOC(=O)[C@@H](C)n1nc(C)c([N+](=O)[O-])c1C. The summed E-state index contributed by atoms with van der Waals surface area (Å²) in [5.74, 6) is -0.451. The van der Waals surface area contributed by atoms with Gasteiger partial charge in [0.2, 0.25) is 0 Å². The molecule has 0 spiro atoms. The van der Waals surface area contributed by atoms with Gasteiger partial charge in [0.15, 0.2) is 0 Å². The average Bonchev–Trinajstić information content (AvgIpc) is 2.53. The highest BCUT2D eigenvalue weighted by atomic mass is 16.6. The molecule has 0 bridgehead atoms. The number of hydrogen-bond donors (Lipinski definition) is 0. The number of nitro groups is 1. The summed E-state index contributed by atoms with van der Waals surface area (Å²) in [5, 5.41) is 14.8. The number of aryl methyl sites for hydroxylation is 1. The Balaban J connectivity index is 3.12. The van der Waals surface area contributed by atoms with Crippen LogP contribution in [0.3, 0.4) is 0 Å². The maximum Gasteiger partial charge on any atom is 0.330 e. The maximum atomic E-state index is 11.5. The quantitative estimate of drug-likeness (QED) is 0.453. The topological polar surface area (TPSA) is 87.3 Å². The second kappa shape index (κ2) is 4.94. The molecule has 1 rings (SSSR count). The highest BCUT2D eigenvalue weighted by Crippen LogP contribution is 2.24. The van der Waals surface area contributed by atoms with Crippen molar-refractivity contribution in [3.63, 3.8) is 0 Å². The largest absolute Gasteiger partial charge is 0.464 e. The van der Waals surface area contributed by atoms with Gasteiger partial charge in [0.25, 0.3) is 0 Å². The van der Waals surface area contributed by atoms with Crippen molar-refractivity contribution in [3.05, 3.63) is 21.5 Å². The summed E-state index contributed by atoms with van der Waals surface area (Å²) in [6, 6.07) is -0.664. The number of esters is 1. The molecule has 0 aliphatic carbocycles. The van der Waals surface area contributed by atoms with Gasteiger partial charge in [0, 0.05) is 0 Å². The fraction of sp³-hybridized carbons (Fsp3) is 0.600. The van der Waals surface area contributed by atoms with Gasteiger partial charge in [-0.05, 0) is 27.7 Å². The predicted molar refractivity (Wildman–Crippen MR) is 59.7 cm³/mol. The van der Waals surface area contributed by atoms with Crippen LogP contribution >= 0.6 is 0 Å². The summed E-state index contributed by atoms with van der Waals surface area (Å²) in [5.41, 5.74) is 0.595. The average molecular weight is 241 g/mol. The zero-order valence-corrected chi connectivity index (χ0v) is 10.3. The molecule has 1 aromatic heterocycles. The van der Waals surface area contributed by atoms with Crippen molar-refractivity contribution in [3.8, 4) is 0 Å². The lowest BCUT2D eigenvalue weighted by molar-refractivity contribution is -0.386. The fourth-order valence-electron chi connectivity index (χ4n) is 1.66. The molecule has 7 heteroatoms. The van der Waals surface area contributed by atoms with E-state index in [0.29, 0.717) is 11.4 Å². The maximum absolute atomic E-state index is 11.5. The molecule has 0 amide bonds. The molecule has 0 fully saturated rings. The van der Waals surface area contributed by atoms with Crippen molar-refractivity contribution in [2.75, 3.05) is 6.61 Å². The lowest BCUT2D eigenvalue weighted by Crippen LogP contribution is -2.21. The highest BCUT2D eigenvalue weighted by Gasteiger charge is 2.27. The van der Waals surface area contributed by atoms with Crippen molar-refractivity contribution in [2.45, 2.75) is 33.7 Å². The smallest absolute Gasteiger partial charge is 0.330 e. The first-order valence-electron chi connectivity index (χ1n) is 5.26. The zero-order chi connectivity index (χ0) is 13.2. The van der Waals surface area contributed by atoms with Crippen LogP contribution < -0.4 is 0 Å². The lowest BCUT2D eigenvalue weighted by atomic mass is 10.3. The minimum Gasteiger partial charge on any atom is -0.464 e. The van der Waals surface area contributed by atoms with Crippen LogP contribution in [0.15, 0.2) is 0 Å². The van der Waals surface area contributed by atoms with Gasteiger partial charge in [-0.1, -0.05) is 0 Å². The summed E-state index contributed by atoms with van der Waals surface area (Å²) in [4.78, 5) is 21.8. The van der Waals surface area contributed by atoms with Gasteiger partial charge < -0.3 is 4.74 Å². The van der Waals surface area contributed by atoms with E-state index in [1.807, 2.05) is 0 Å². The molecule has 94 valence electrons. The van der Waals surface area contributed by atoms with Gasteiger partial charge >= 0.3 is 11.7 Å². The van der Waals surface area contributed by atoms with Crippen LogP contribution in [0.2, 0.25) is 0 Å². The standard InChI is InChI=1S/C10H15N3O4/c1-5-17-10(14)8(4)12-7(3)9(13(15)16)6(2)11-12/h8H,5H2,1-4H3/t8-/m1/s1. The number of ether oxygens (including phenoxy) is 1. The summed E-state index contributed by atoms with van der Waals surface area (Å²) < 4.78 is 6.18. The van der Waals surface area contributed by atoms with Gasteiger partial charge in [0.05, 0.1) is 11.5 Å². The van der Waals surface area contributed by atoms with Crippen LogP contribution in [0.25, 0.3) is 0 Å². The molecule has 1 atom stereocenters. The van der Waals surface area contributed by atoms with E-state index in [0.717, 1.165) is 0 Å². The first kappa shape index (κ1) is 13.1. The molecule has 0 aromatic carbocycles. The second-order valence-electron chi connectivity index (χ2n) is 3.65. The number of nitrogens with zero attached hydrogens (tertiary/aromatic N) is 3. The van der Waals surface area contributed by atoms with Gasteiger partial charge in [-0.15, -0.1) is 0 Å². The number of aromatic nitrogens is 2. The van der Waals surface area contributed by atoms with E-state index in [1.54, 1.807) is 27.7 Å². The fourth-order valence-corrected chi connectivity index (χ4v) is 1.66. The minimum atomic E-state index is -0.664. The third kappa shape index (κ3) is 2.43. The molecule has 0 radical (unpaired) electrons. The molecule has 0 saturated carbocycles. The zero-order valence-electron chi connectivity index (χ0n) is 10.3. The van der Waals surface area contributed by atoms with E-state index in [2.05, 4.69) is 5.10 Å². The Morgan fingerprint density at radius 1 is 1.59 bits per heavy atom. The Hall–Kier alpha value is -1.92. The molecule has 0 unspecified atom stereocenters. The Labute approximate surface area is 98.5 Å². The van der Waals surface area contributed by atoms with Crippen LogP contribution in [0, 0.1) is 24.0 Å². The summed E-state index contributed by atoms with van der Waals surface area (Å²) in [6.45, 7) is 6.67. The Kier molecular flexibility index (Phi) is 3.82. The van der Waals surface area contributed by atoms with E-state index >= 15 is 0 Å². The summed E-state index contributed by atoms with van der Waals surface area (Å²) >= 11 is 0. The van der Waals surface area contributed by atoms with Crippen molar-refractivity contribution in [2.24, 2.45) is 0 Å². The third-order valence-corrected chi connectivity index (χ3v) is 2.46. The van der Waals surface area contributed by atoms with Crippen molar-refractivity contribution in [1.29, 1.82) is 0 Å². The Morgan fingerprint density at radius 3 is 2.59 bits per heavy atom. The van der Waals surface area contributed by atoms with Crippen LogP contribution in [0.5, 0.6) is 0 Å². The molecule has 1 heterocycles. The van der Waals surface area contributed by atoms with Crippen molar-refractivity contribution >= 4 is 11.7 Å². The summed E-state index contributed by atoms with van der Waals surface area (Å²) in [6.07, 6.45) is 0. The normalized spacial score (nSPS) is 12.2. The number of hydrogen-bond acceptors (Lipinski definition) is 5. The van der Waals surface area contributed by atoms with Gasteiger partial charge in [-0.3, -0.25) is 10.1 Å². The molecule has 0 aliphatic heterocycles. The minimum absolute atomic E-state index is 0.0545. The van der Waals surface area contributed by atoms with Crippen LogP contribution in [-0.4, -0.2) is 27.3 Å². The molecule has 7 nitrogen and oxygen atoms in total. The first-order valence-corrected chi connectivity index (χ1v) is 5.26. The monoisotopic (exact) mass is 241 g/mol. The van der Waals surface area contributed by atoms with Gasteiger partial charge in [-0.2, -0.15) is 5.10 Å². The number of carbonyl (C=O) groups is 1. The van der Waals surface area contributed by atoms with E-state index in [9.17, 15) is 14.9 Å². The molecular weight excluding hydrogens is 226 g/mol. The van der Waals surface area contributed by atoms with E-state index < -0.39 is 16.9 Å².